The number of nitrogens with one attached hydrogen (secondary N) is 2. The molecule has 0 saturated heterocycles. The van der Waals surface area contributed by atoms with Gasteiger partial charge in [0.1, 0.15) is 5.70 Å². The summed E-state index contributed by atoms with van der Waals surface area (Å²) in [6, 6.07) is 0. The van der Waals surface area contributed by atoms with Crippen molar-refractivity contribution in [3.05, 3.63) is 11.4 Å². The van der Waals surface area contributed by atoms with Crippen molar-refractivity contribution in [3.8, 4) is 0 Å². The summed E-state index contributed by atoms with van der Waals surface area (Å²) in [6.45, 7) is 11.0. The molecule has 2 N–H and O–H groups in total. The van der Waals surface area contributed by atoms with Gasteiger partial charge >= 0.3 is 0 Å². The number of allylic oxidation sites excluding steroid dienone is 2. The van der Waals surface area contributed by atoms with E-state index in [1.165, 1.54) is 90.1 Å². The Morgan fingerprint density at radius 1 is 0.800 bits per heavy atom. The van der Waals surface area contributed by atoms with E-state index in [0.29, 0.717) is 13.9 Å². The number of carbonyl (C=O) groups excluding carboxylic acids is 1. The average molecular weight is 440 g/mol. The molecule has 0 heterocycles. The van der Waals surface area contributed by atoms with Gasteiger partial charge < -0.3 is 15.5 Å². The number of hydrogen-bond donors (Lipinski definition) is 2. The van der Waals surface area contributed by atoms with Gasteiger partial charge in [0.25, 0.3) is 0 Å². The van der Waals surface area contributed by atoms with Crippen molar-refractivity contribution in [2.45, 2.75) is 104 Å². The second-order valence-electron chi connectivity index (χ2n) is 8.37. The molecule has 0 aliphatic heterocycles. The highest BCUT2D eigenvalue weighted by Crippen LogP contribution is 2.10. The smallest absolute Gasteiger partial charge is 0.228 e. The van der Waals surface area contributed by atoms with Gasteiger partial charge in [-0.25, -0.2) is 0 Å². The van der Waals surface area contributed by atoms with Gasteiger partial charge in [-0.05, 0) is 54.0 Å². The highest BCUT2D eigenvalue weighted by molar-refractivity contribution is 7.57. The molecule has 0 amide bonds. The van der Waals surface area contributed by atoms with Crippen molar-refractivity contribution in [1.29, 1.82) is 0 Å². The first-order chi connectivity index (χ1) is 14.6. The largest absolute Gasteiger partial charge is 0.387 e. The van der Waals surface area contributed by atoms with E-state index in [2.05, 4.69) is 35.7 Å². The standard InChI is InChI=1S/C25H50N3OP/c1-6-8-10-12-14-16-20-28(21-17-15-13-11-9-7-2)22-18-19-27-23(3)24(26-4)25(29)30-5/h26-27H,5-22H2,1-4H3/b24-23-. The molecule has 0 spiro atoms. The third-order valence-electron chi connectivity index (χ3n) is 5.68. The molecule has 0 rings (SSSR count). The molecular weight excluding hydrogens is 389 g/mol. The summed E-state index contributed by atoms with van der Waals surface area (Å²) in [4.78, 5) is 14.6. The van der Waals surface area contributed by atoms with Crippen molar-refractivity contribution >= 4 is 20.0 Å². The van der Waals surface area contributed by atoms with Crippen LogP contribution in [0.25, 0.3) is 0 Å². The van der Waals surface area contributed by atoms with Crippen LogP contribution >= 0.6 is 8.20 Å². The molecule has 0 aromatic rings. The summed E-state index contributed by atoms with van der Waals surface area (Å²) >= 11 is 0. The summed E-state index contributed by atoms with van der Waals surface area (Å²) in [5.74, 6) is 0. The predicted octanol–water partition coefficient (Wildman–Crippen LogP) is 6.34. The molecule has 0 radical (unpaired) electrons. The lowest BCUT2D eigenvalue weighted by Crippen LogP contribution is -2.30. The Morgan fingerprint density at radius 2 is 1.27 bits per heavy atom. The topological polar surface area (TPSA) is 44.4 Å². The number of unbranched alkanes of at least 4 members (excludes halogenated alkanes) is 10. The first kappa shape index (κ1) is 29.1. The van der Waals surface area contributed by atoms with Crippen LogP contribution < -0.4 is 10.6 Å². The first-order valence-corrected chi connectivity index (χ1v) is 13.5. The zero-order valence-corrected chi connectivity index (χ0v) is 21.4. The molecule has 0 saturated carbocycles. The van der Waals surface area contributed by atoms with E-state index in [4.69, 9.17) is 0 Å². The first-order valence-electron chi connectivity index (χ1n) is 12.5. The van der Waals surface area contributed by atoms with Gasteiger partial charge in [0.2, 0.25) is 5.52 Å². The lowest BCUT2D eigenvalue weighted by atomic mass is 10.1. The van der Waals surface area contributed by atoms with Crippen molar-refractivity contribution in [3.63, 3.8) is 0 Å². The summed E-state index contributed by atoms with van der Waals surface area (Å²) in [7, 11) is 2.33. The summed E-state index contributed by atoms with van der Waals surface area (Å²) in [6.07, 6.45) is 21.1. The van der Waals surface area contributed by atoms with Crippen LogP contribution in [-0.2, 0) is 4.79 Å². The minimum atomic E-state index is 0.0373. The molecule has 0 atom stereocenters. The third kappa shape index (κ3) is 15.9. The van der Waals surface area contributed by atoms with Gasteiger partial charge in [0, 0.05) is 19.3 Å². The van der Waals surface area contributed by atoms with Crippen LogP contribution in [0.2, 0.25) is 0 Å². The Labute approximate surface area is 189 Å². The van der Waals surface area contributed by atoms with E-state index in [9.17, 15) is 4.79 Å². The van der Waals surface area contributed by atoms with Crippen LogP contribution in [0, 0.1) is 0 Å². The summed E-state index contributed by atoms with van der Waals surface area (Å²) in [5.41, 5.74) is 1.62. The fourth-order valence-electron chi connectivity index (χ4n) is 3.77. The maximum atomic E-state index is 11.9. The molecule has 0 bridgehead atoms. The van der Waals surface area contributed by atoms with Gasteiger partial charge in [0.15, 0.2) is 0 Å². The monoisotopic (exact) mass is 439 g/mol. The maximum absolute atomic E-state index is 11.9. The minimum Gasteiger partial charge on any atom is -0.387 e. The van der Waals surface area contributed by atoms with E-state index in [-0.39, 0.29) is 5.52 Å². The number of likely N-dealkylation sites (N-methyl/N-ethyl adjacent to an activating group) is 1. The lowest BCUT2D eigenvalue weighted by Gasteiger charge is -2.23. The van der Waals surface area contributed by atoms with Crippen LogP contribution in [0.1, 0.15) is 104 Å². The Hall–Kier alpha value is -0.860. The van der Waals surface area contributed by atoms with Gasteiger partial charge in [-0.1, -0.05) is 84.4 Å². The highest BCUT2D eigenvalue weighted by Gasteiger charge is 2.09. The summed E-state index contributed by atoms with van der Waals surface area (Å²) in [5, 5.41) is 6.43. The molecule has 0 unspecified atom stereocenters. The van der Waals surface area contributed by atoms with Crippen LogP contribution in [0.15, 0.2) is 11.4 Å². The van der Waals surface area contributed by atoms with Gasteiger partial charge in [0.05, 0.1) is 0 Å². The van der Waals surface area contributed by atoms with Crippen LogP contribution in [-0.4, -0.2) is 50.0 Å². The SMILES string of the molecule is C=PC(=O)/C(NC)=C(\C)NCCCN(CCCCCCCC)CCCCCCCC. The zero-order valence-electron chi connectivity index (χ0n) is 20.5. The van der Waals surface area contributed by atoms with Crippen molar-refractivity contribution < 1.29 is 4.79 Å². The van der Waals surface area contributed by atoms with Crippen molar-refractivity contribution in [2.75, 3.05) is 33.2 Å². The molecule has 0 aliphatic rings. The normalized spacial score (nSPS) is 12.3. The molecular formula is C25H50N3OP. The van der Waals surface area contributed by atoms with Crippen molar-refractivity contribution in [1.82, 2.24) is 15.5 Å². The molecule has 176 valence electrons. The van der Waals surface area contributed by atoms with E-state index < -0.39 is 0 Å². The average Bonchev–Trinajstić information content (AvgIpc) is 2.75. The van der Waals surface area contributed by atoms with Gasteiger partial charge in [-0.2, -0.15) is 0 Å². The quantitative estimate of drug-likeness (QED) is 0.117. The molecule has 0 aromatic heterocycles. The van der Waals surface area contributed by atoms with Gasteiger partial charge in [-0.15, -0.1) is 0 Å². The molecule has 0 aromatic carbocycles. The van der Waals surface area contributed by atoms with Crippen LogP contribution in [0.5, 0.6) is 0 Å². The molecule has 4 nitrogen and oxygen atoms in total. The minimum absolute atomic E-state index is 0.0373. The Balaban J connectivity index is 4.30. The molecule has 0 aliphatic carbocycles. The predicted molar refractivity (Wildman–Crippen MR) is 137 cm³/mol. The fourth-order valence-corrected chi connectivity index (χ4v) is 4.21. The molecule has 5 heteroatoms. The van der Waals surface area contributed by atoms with E-state index >= 15 is 0 Å². The summed E-state index contributed by atoms with van der Waals surface area (Å²) < 4.78 is 0. The van der Waals surface area contributed by atoms with E-state index in [1.807, 2.05) is 6.92 Å². The number of hydrogen-bond acceptors (Lipinski definition) is 4. The second kappa shape index (κ2) is 21.4. The lowest BCUT2D eigenvalue weighted by molar-refractivity contribution is -0.108. The zero-order chi connectivity index (χ0) is 22.5. The molecule has 0 fully saturated rings. The van der Waals surface area contributed by atoms with E-state index in [1.54, 1.807) is 7.05 Å². The Bertz CT molecular complexity index is 449. The van der Waals surface area contributed by atoms with E-state index in [0.717, 1.165) is 25.2 Å². The second-order valence-corrected chi connectivity index (χ2v) is 9.09. The number of rotatable bonds is 22. The van der Waals surface area contributed by atoms with Crippen LogP contribution in [0.4, 0.5) is 0 Å². The Kier molecular flexibility index (Phi) is 20.8. The maximum Gasteiger partial charge on any atom is 0.228 e. The molecule has 30 heavy (non-hydrogen) atoms. The van der Waals surface area contributed by atoms with Gasteiger partial charge in [-0.3, -0.25) is 4.79 Å². The highest BCUT2D eigenvalue weighted by atomic mass is 31.1. The fraction of sp³-hybridized carbons (Fsp3) is 0.840. The Morgan fingerprint density at radius 3 is 1.73 bits per heavy atom. The van der Waals surface area contributed by atoms with Crippen LogP contribution in [0.3, 0.4) is 0 Å². The number of nitrogens with zero attached hydrogens (tertiary/aromatic N) is 1. The third-order valence-corrected chi connectivity index (χ3v) is 6.19. The van der Waals surface area contributed by atoms with Crippen molar-refractivity contribution in [2.24, 2.45) is 0 Å². The number of carbonyl (C=O) groups is 1.